The van der Waals surface area contributed by atoms with Crippen LogP contribution < -0.4 is 0 Å². The Morgan fingerprint density at radius 3 is 2.05 bits per heavy atom. The van der Waals surface area contributed by atoms with Crippen molar-refractivity contribution >= 4 is 5.78 Å². The zero-order chi connectivity index (χ0) is 16.0. The van der Waals surface area contributed by atoms with Crippen molar-refractivity contribution in [2.75, 3.05) is 0 Å². The van der Waals surface area contributed by atoms with Crippen LogP contribution in [0.25, 0.3) is 0 Å². The standard InChI is InChI=1S/C19H29NO/c1-16(2)10-13(21)15-12(18(16,5)6)9-14-19(7,8)17(3,4)11-20(14)15/h9H,10-11H2,1-8H3. The van der Waals surface area contributed by atoms with E-state index in [1.165, 1.54) is 11.3 Å². The number of ketones is 1. The van der Waals surface area contributed by atoms with Gasteiger partial charge in [-0.3, -0.25) is 4.79 Å². The zero-order valence-electron chi connectivity index (χ0n) is 14.8. The van der Waals surface area contributed by atoms with Crippen molar-refractivity contribution in [2.45, 2.75) is 79.2 Å². The van der Waals surface area contributed by atoms with E-state index in [0.717, 1.165) is 12.2 Å². The molecule has 0 spiro atoms. The largest absolute Gasteiger partial charge is 0.341 e. The summed E-state index contributed by atoms with van der Waals surface area (Å²) >= 11 is 0. The lowest BCUT2D eigenvalue weighted by molar-refractivity contribution is 0.0798. The molecule has 0 bridgehead atoms. The van der Waals surface area contributed by atoms with Gasteiger partial charge in [-0.2, -0.15) is 0 Å². The minimum absolute atomic E-state index is 0.0133. The van der Waals surface area contributed by atoms with E-state index in [4.69, 9.17) is 0 Å². The van der Waals surface area contributed by atoms with Crippen LogP contribution in [-0.4, -0.2) is 10.4 Å². The Balaban J connectivity index is 2.29. The highest BCUT2D eigenvalue weighted by molar-refractivity contribution is 5.99. The maximum Gasteiger partial charge on any atom is 0.180 e. The summed E-state index contributed by atoms with van der Waals surface area (Å²) in [6.07, 6.45) is 0.650. The van der Waals surface area contributed by atoms with Crippen LogP contribution >= 0.6 is 0 Å². The smallest absolute Gasteiger partial charge is 0.180 e. The molecule has 0 saturated heterocycles. The number of hydrogen-bond acceptors (Lipinski definition) is 1. The monoisotopic (exact) mass is 287 g/mol. The number of nitrogens with zero attached hydrogens (tertiary/aromatic N) is 1. The third-order valence-corrected chi connectivity index (χ3v) is 7.21. The van der Waals surface area contributed by atoms with Gasteiger partial charge in [0.05, 0.1) is 5.69 Å². The van der Waals surface area contributed by atoms with Gasteiger partial charge in [0.15, 0.2) is 5.78 Å². The number of carbonyl (C=O) groups excluding carboxylic acids is 1. The summed E-state index contributed by atoms with van der Waals surface area (Å²) in [6, 6.07) is 2.34. The average Bonchev–Trinajstić information content (AvgIpc) is 2.72. The van der Waals surface area contributed by atoms with Crippen molar-refractivity contribution in [3.05, 3.63) is 23.0 Å². The molecule has 1 aliphatic heterocycles. The molecule has 3 rings (SSSR count). The second-order valence-corrected chi connectivity index (χ2v) is 9.50. The van der Waals surface area contributed by atoms with Gasteiger partial charge in [-0.05, 0) is 27.9 Å². The Bertz CT molecular complexity index is 641. The Kier molecular flexibility index (Phi) is 2.58. The van der Waals surface area contributed by atoms with Crippen molar-refractivity contribution < 1.29 is 4.79 Å². The van der Waals surface area contributed by atoms with Crippen LogP contribution in [-0.2, 0) is 17.4 Å². The maximum absolute atomic E-state index is 12.8. The van der Waals surface area contributed by atoms with E-state index in [0.29, 0.717) is 12.2 Å². The molecule has 0 amide bonds. The first-order valence-electron chi connectivity index (χ1n) is 8.11. The first-order valence-corrected chi connectivity index (χ1v) is 8.11. The minimum atomic E-state index is 0.0133. The molecule has 21 heavy (non-hydrogen) atoms. The highest BCUT2D eigenvalue weighted by Crippen LogP contribution is 2.55. The van der Waals surface area contributed by atoms with Crippen LogP contribution in [0.15, 0.2) is 6.07 Å². The molecule has 0 unspecified atom stereocenters. The minimum Gasteiger partial charge on any atom is -0.341 e. The molecule has 0 atom stereocenters. The van der Waals surface area contributed by atoms with Crippen molar-refractivity contribution in [1.29, 1.82) is 0 Å². The lowest BCUT2D eigenvalue weighted by Gasteiger charge is -2.45. The van der Waals surface area contributed by atoms with E-state index >= 15 is 0 Å². The maximum atomic E-state index is 12.8. The Morgan fingerprint density at radius 1 is 0.905 bits per heavy atom. The van der Waals surface area contributed by atoms with Gasteiger partial charge in [0, 0.05) is 24.1 Å². The Morgan fingerprint density at radius 2 is 1.48 bits per heavy atom. The molecule has 2 aliphatic rings. The summed E-state index contributed by atoms with van der Waals surface area (Å²) in [7, 11) is 0. The predicted octanol–water partition coefficient (Wildman–Crippen LogP) is 4.70. The highest BCUT2D eigenvalue weighted by Gasteiger charge is 2.53. The number of carbonyl (C=O) groups is 1. The fourth-order valence-electron chi connectivity index (χ4n) is 4.02. The predicted molar refractivity (Wildman–Crippen MR) is 87.0 cm³/mol. The molecule has 0 saturated carbocycles. The van der Waals surface area contributed by atoms with E-state index in [9.17, 15) is 4.79 Å². The van der Waals surface area contributed by atoms with E-state index < -0.39 is 0 Å². The average molecular weight is 287 g/mol. The summed E-state index contributed by atoms with van der Waals surface area (Å²) < 4.78 is 2.33. The molecule has 0 radical (unpaired) electrons. The van der Waals surface area contributed by atoms with Gasteiger partial charge in [0.25, 0.3) is 0 Å². The number of rotatable bonds is 0. The number of aromatic nitrogens is 1. The first kappa shape index (κ1) is 14.9. The van der Waals surface area contributed by atoms with Gasteiger partial charge >= 0.3 is 0 Å². The third kappa shape index (κ3) is 1.57. The van der Waals surface area contributed by atoms with Crippen LogP contribution in [0.5, 0.6) is 0 Å². The van der Waals surface area contributed by atoms with Gasteiger partial charge in [0.1, 0.15) is 0 Å². The quantitative estimate of drug-likeness (QED) is 0.678. The SMILES string of the molecule is CC1(C)CC(=O)c2c(cc3n2CC(C)(C)C3(C)C)C1(C)C. The molecule has 0 fully saturated rings. The summed E-state index contributed by atoms with van der Waals surface area (Å²) in [5.74, 6) is 0.328. The van der Waals surface area contributed by atoms with E-state index in [1.807, 2.05) is 0 Å². The van der Waals surface area contributed by atoms with E-state index in [1.54, 1.807) is 0 Å². The zero-order valence-corrected chi connectivity index (χ0v) is 14.8. The highest BCUT2D eigenvalue weighted by atomic mass is 16.1. The topological polar surface area (TPSA) is 22.0 Å². The Labute approximate surface area is 128 Å². The fraction of sp³-hybridized carbons (Fsp3) is 0.737. The first-order chi connectivity index (χ1) is 9.33. The summed E-state index contributed by atoms with van der Waals surface area (Å²) in [5.41, 5.74) is 3.94. The molecular formula is C19H29NO. The van der Waals surface area contributed by atoms with E-state index in [-0.39, 0.29) is 21.7 Å². The summed E-state index contributed by atoms with van der Waals surface area (Å²) in [4.78, 5) is 12.8. The van der Waals surface area contributed by atoms with Gasteiger partial charge in [-0.1, -0.05) is 55.4 Å². The molecular weight excluding hydrogens is 258 g/mol. The second-order valence-electron chi connectivity index (χ2n) is 9.50. The second kappa shape index (κ2) is 3.64. The fourth-order valence-corrected chi connectivity index (χ4v) is 4.02. The molecule has 2 heteroatoms. The molecule has 1 aromatic rings. The van der Waals surface area contributed by atoms with Crippen molar-refractivity contribution in [3.63, 3.8) is 0 Å². The van der Waals surface area contributed by atoms with Gasteiger partial charge < -0.3 is 4.57 Å². The normalized spacial score (nSPS) is 27.3. The molecule has 2 nitrogen and oxygen atoms in total. The molecule has 116 valence electrons. The number of Topliss-reactive ketones (excluding diaryl/α,β-unsaturated/α-hetero) is 1. The van der Waals surface area contributed by atoms with Gasteiger partial charge in [-0.25, -0.2) is 0 Å². The van der Waals surface area contributed by atoms with Crippen LogP contribution in [0.2, 0.25) is 0 Å². The number of fused-ring (bicyclic) bond motifs is 3. The van der Waals surface area contributed by atoms with Gasteiger partial charge in [0.2, 0.25) is 0 Å². The molecule has 0 aromatic carbocycles. The molecule has 2 heterocycles. The van der Waals surface area contributed by atoms with Gasteiger partial charge in [-0.15, -0.1) is 0 Å². The van der Waals surface area contributed by atoms with Crippen LogP contribution in [0, 0.1) is 10.8 Å². The summed E-state index contributed by atoms with van der Waals surface area (Å²) in [5, 5.41) is 0. The molecule has 0 N–H and O–H groups in total. The van der Waals surface area contributed by atoms with Crippen LogP contribution in [0.3, 0.4) is 0 Å². The Hall–Kier alpha value is -1.05. The van der Waals surface area contributed by atoms with Crippen molar-refractivity contribution in [2.24, 2.45) is 10.8 Å². The van der Waals surface area contributed by atoms with E-state index in [2.05, 4.69) is 66.0 Å². The number of hydrogen-bond donors (Lipinski definition) is 0. The lowest BCUT2D eigenvalue weighted by atomic mass is 9.58. The lowest BCUT2D eigenvalue weighted by Crippen LogP contribution is -2.43. The molecule has 1 aromatic heterocycles. The van der Waals surface area contributed by atoms with Crippen molar-refractivity contribution in [3.8, 4) is 0 Å². The van der Waals surface area contributed by atoms with Crippen molar-refractivity contribution in [1.82, 2.24) is 4.57 Å². The molecule has 1 aliphatic carbocycles. The van der Waals surface area contributed by atoms with Crippen LogP contribution in [0.1, 0.15) is 83.6 Å². The summed E-state index contributed by atoms with van der Waals surface area (Å²) in [6.45, 7) is 19.3. The third-order valence-electron chi connectivity index (χ3n) is 7.21. The van der Waals surface area contributed by atoms with Crippen LogP contribution in [0.4, 0.5) is 0 Å².